The van der Waals surface area contributed by atoms with Gasteiger partial charge in [0.15, 0.2) is 0 Å². The first-order valence-corrected chi connectivity index (χ1v) is 7.05. The minimum Gasteiger partial charge on any atom is -0.475 e. The van der Waals surface area contributed by atoms with Crippen LogP contribution in [0.3, 0.4) is 0 Å². The molecular weight excluding hydrogens is 315 g/mol. The molecule has 0 aliphatic heterocycles. The van der Waals surface area contributed by atoms with Crippen LogP contribution in [0.25, 0.3) is 0 Å². The third-order valence-corrected chi connectivity index (χ3v) is 3.14. The maximum Gasteiger partial charge on any atom is 0.490 e. The summed E-state index contributed by atoms with van der Waals surface area (Å²) in [7, 11) is 0. The molecule has 0 bridgehead atoms. The molecule has 0 saturated carbocycles. The fourth-order valence-electron chi connectivity index (χ4n) is 1.80. The second kappa shape index (κ2) is 11.2. The Kier molecular flexibility index (Phi) is 11.6. The van der Waals surface area contributed by atoms with Crippen molar-refractivity contribution in [2.75, 3.05) is 6.61 Å². The predicted molar refractivity (Wildman–Crippen MR) is 82.0 cm³/mol. The summed E-state index contributed by atoms with van der Waals surface area (Å²) in [6.45, 7) is 11.4. The van der Waals surface area contributed by atoms with Crippen LogP contribution in [-0.4, -0.2) is 51.8 Å². The maximum absolute atomic E-state index is 10.6. The molecule has 5 nitrogen and oxygen atoms in total. The van der Waals surface area contributed by atoms with Crippen molar-refractivity contribution in [1.82, 2.24) is 5.32 Å². The Labute approximate surface area is 134 Å². The van der Waals surface area contributed by atoms with Crippen molar-refractivity contribution in [3.8, 4) is 0 Å². The SMILES string of the molecule is C=CCC(O)(CC=C)C(C)NC(C)CCO.O=C(O)C(F)(F)F. The molecule has 0 aromatic heterocycles. The molecule has 0 amide bonds. The number of carboxylic acid groups (broad SMARTS) is 1. The lowest BCUT2D eigenvalue weighted by atomic mass is 9.87. The Morgan fingerprint density at radius 3 is 1.87 bits per heavy atom. The van der Waals surface area contributed by atoms with Gasteiger partial charge >= 0.3 is 12.1 Å². The second-order valence-corrected chi connectivity index (χ2v) is 5.19. The monoisotopic (exact) mass is 341 g/mol. The van der Waals surface area contributed by atoms with E-state index in [0.29, 0.717) is 19.3 Å². The summed E-state index contributed by atoms with van der Waals surface area (Å²) in [4.78, 5) is 8.90. The van der Waals surface area contributed by atoms with Crippen LogP contribution in [0.5, 0.6) is 0 Å². The lowest BCUT2D eigenvalue weighted by Gasteiger charge is -2.35. The molecule has 0 heterocycles. The molecule has 0 rings (SSSR count). The Balaban J connectivity index is 0. The Bertz CT molecular complexity index is 362. The molecule has 136 valence electrons. The minimum atomic E-state index is -5.08. The van der Waals surface area contributed by atoms with Gasteiger partial charge in [0.25, 0.3) is 0 Å². The van der Waals surface area contributed by atoms with Crippen LogP contribution in [0.4, 0.5) is 13.2 Å². The molecule has 0 spiro atoms. The summed E-state index contributed by atoms with van der Waals surface area (Å²) in [5.41, 5.74) is -0.840. The molecule has 0 aromatic rings. The number of hydrogen-bond acceptors (Lipinski definition) is 4. The molecule has 4 N–H and O–H groups in total. The van der Waals surface area contributed by atoms with Gasteiger partial charge in [-0.15, -0.1) is 13.2 Å². The highest BCUT2D eigenvalue weighted by atomic mass is 19.4. The molecule has 0 aromatic carbocycles. The first kappa shape index (κ1) is 23.9. The van der Waals surface area contributed by atoms with Gasteiger partial charge in [-0.25, -0.2) is 4.79 Å². The van der Waals surface area contributed by atoms with E-state index in [1.807, 2.05) is 13.8 Å². The molecule has 2 unspecified atom stereocenters. The number of alkyl halides is 3. The third kappa shape index (κ3) is 10.9. The smallest absolute Gasteiger partial charge is 0.475 e. The fraction of sp³-hybridized carbons (Fsp3) is 0.667. The van der Waals surface area contributed by atoms with Crippen LogP contribution >= 0.6 is 0 Å². The lowest BCUT2D eigenvalue weighted by Crippen LogP contribution is -2.51. The van der Waals surface area contributed by atoms with E-state index >= 15 is 0 Å². The lowest BCUT2D eigenvalue weighted by molar-refractivity contribution is -0.192. The molecule has 0 aliphatic rings. The first-order valence-electron chi connectivity index (χ1n) is 7.05. The highest BCUT2D eigenvalue weighted by Crippen LogP contribution is 2.21. The number of carboxylic acids is 1. The molecular formula is C15H26F3NO4. The molecule has 0 fully saturated rings. The number of aliphatic hydroxyl groups is 2. The zero-order valence-corrected chi connectivity index (χ0v) is 13.4. The normalized spacial score (nSPS) is 14.2. The average molecular weight is 341 g/mol. The predicted octanol–water partition coefficient (Wildman–Crippen LogP) is 2.25. The van der Waals surface area contributed by atoms with Crippen molar-refractivity contribution in [3.05, 3.63) is 25.3 Å². The van der Waals surface area contributed by atoms with E-state index in [1.165, 1.54) is 0 Å². The van der Waals surface area contributed by atoms with Crippen LogP contribution < -0.4 is 5.32 Å². The van der Waals surface area contributed by atoms with Gasteiger partial charge in [0.1, 0.15) is 0 Å². The number of halogens is 3. The number of aliphatic carboxylic acids is 1. The zero-order chi connectivity index (χ0) is 18.7. The van der Waals surface area contributed by atoms with E-state index in [-0.39, 0.29) is 18.7 Å². The summed E-state index contributed by atoms with van der Waals surface area (Å²) in [6.07, 6.45) is 0.0947. The standard InChI is InChI=1S/C13H25NO2.C2HF3O2/c1-5-8-13(16,9-6-2)12(4)14-11(3)7-10-15;3-2(4,5)1(6)7/h5-6,11-12,14-16H,1-2,7-10H2,3-4H3;(H,6,7). The average Bonchev–Trinajstić information content (AvgIpc) is 2.38. The van der Waals surface area contributed by atoms with Gasteiger partial charge in [-0.05, 0) is 33.1 Å². The largest absolute Gasteiger partial charge is 0.490 e. The Morgan fingerprint density at radius 2 is 1.61 bits per heavy atom. The summed E-state index contributed by atoms with van der Waals surface area (Å²) in [6, 6.07) is 0.117. The van der Waals surface area contributed by atoms with Crippen LogP contribution in [-0.2, 0) is 4.79 Å². The van der Waals surface area contributed by atoms with Crippen molar-refractivity contribution >= 4 is 5.97 Å². The van der Waals surface area contributed by atoms with Crippen LogP contribution in [0, 0.1) is 0 Å². The minimum absolute atomic E-state index is 0.0648. The Hall–Kier alpha value is -1.38. The van der Waals surface area contributed by atoms with Crippen molar-refractivity contribution in [2.45, 2.75) is 57.0 Å². The molecule has 0 aliphatic carbocycles. The first-order chi connectivity index (χ1) is 10.4. The van der Waals surface area contributed by atoms with E-state index < -0.39 is 17.7 Å². The topological polar surface area (TPSA) is 89.8 Å². The van der Waals surface area contributed by atoms with Crippen LogP contribution in [0.1, 0.15) is 33.1 Å². The highest BCUT2D eigenvalue weighted by molar-refractivity contribution is 5.73. The fourth-order valence-corrected chi connectivity index (χ4v) is 1.80. The van der Waals surface area contributed by atoms with E-state index in [4.69, 9.17) is 15.0 Å². The zero-order valence-electron chi connectivity index (χ0n) is 13.4. The van der Waals surface area contributed by atoms with Crippen molar-refractivity contribution in [3.63, 3.8) is 0 Å². The van der Waals surface area contributed by atoms with Gasteiger partial charge < -0.3 is 20.6 Å². The number of rotatable bonds is 9. The molecule has 0 radical (unpaired) electrons. The van der Waals surface area contributed by atoms with Gasteiger partial charge in [-0.1, -0.05) is 12.2 Å². The summed E-state index contributed by atoms with van der Waals surface area (Å²) in [5, 5.41) is 29.7. The third-order valence-electron chi connectivity index (χ3n) is 3.14. The van der Waals surface area contributed by atoms with Gasteiger partial charge in [-0.3, -0.25) is 0 Å². The van der Waals surface area contributed by atoms with Crippen molar-refractivity contribution < 1.29 is 33.3 Å². The van der Waals surface area contributed by atoms with Crippen molar-refractivity contribution in [2.24, 2.45) is 0 Å². The highest BCUT2D eigenvalue weighted by Gasteiger charge is 2.38. The number of carbonyl (C=O) groups is 1. The number of nitrogens with one attached hydrogen (secondary N) is 1. The quantitative estimate of drug-likeness (QED) is 0.483. The van der Waals surface area contributed by atoms with Gasteiger partial charge in [0.05, 0.1) is 5.60 Å². The number of hydrogen-bond donors (Lipinski definition) is 4. The molecule has 0 saturated heterocycles. The summed E-state index contributed by atoms with van der Waals surface area (Å²) in [5.74, 6) is -2.76. The molecule has 2 atom stereocenters. The van der Waals surface area contributed by atoms with Gasteiger partial charge in [0.2, 0.25) is 0 Å². The maximum atomic E-state index is 10.6. The van der Waals surface area contributed by atoms with E-state index in [0.717, 1.165) is 0 Å². The van der Waals surface area contributed by atoms with E-state index in [1.54, 1.807) is 12.2 Å². The molecule has 23 heavy (non-hydrogen) atoms. The number of aliphatic hydroxyl groups excluding tert-OH is 1. The summed E-state index contributed by atoms with van der Waals surface area (Å²) < 4.78 is 31.7. The van der Waals surface area contributed by atoms with Gasteiger partial charge in [0, 0.05) is 18.7 Å². The van der Waals surface area contributed by atoms with E-state index in [9.17, 15) is 18.3 Å². The Morgan fingerprint density at radius 1 is 1.22 bits per heavy atom. The van der Waals surface area contributed by atoms with Crippen LogP contribution in [0.15, 0.2) is 25.3 Å². The summed E-state index contributed by atoms with van der Waals surface area (Å²) >= 11 is 0. The van der Waals surface area contributed by atoms with Crippen molar-refractivity contribution in [1.29, 1.82) is 0 Å². The van der Waals surface area contributed by atoms with Gasteiger partial charge in [-0.2, -0.15) is 13.2 Å². The van der Waals surface area contributed by atoms with Crippen LogP contribution in [0.2, 0.25) is 0 Å². The molecule has 8 heteroatoms. The van der Waals surface area contributed by atoms with E-state index in [2.05, 4.69) is 18.5 Å². The second-order valence-electron chi connectivity index (χ2n) is 5.19.